The standard InChI is InChI=1S/C29H42ClN3O6S/c1-6-21(4)16-28(36)33(32-27(35)18-30)25(17-22-10-8-7-9-11-22)26(34)19-31-29(20(2)3)40(37,38)24-14-12-23(39-5)13-15-24/h7-15,20-21,25-26,29,31,34H,6,16-19H2,1-5H3,(H,32,35)/t21-,25?,26+,29?/m0/s1. The van der Waals surface area contributed by atoms with Crippen molar-refractivity contribution < 1.29 is 27.9 Å². The summed E-state index contributed by atoms with van der Waals surface area (Å²) in [7, 11) is -2.33. The Morgan fingerprint density at radius 1 is 1.05 bits per heavy atom. The summed E-state index contributed by atoms with van der Waals surface area (Å²) in [4.78, 5) is 25.8. The number of nitrogens with zero attached hydrogens (tertiary/aromatic N) is 1. The van der Waals surface area contributed by atoms with Crippen LogP contribution in [0.4, 0.5) is 0 Å². The maximum atomic E-state index is 13.5. The molecule has 2 amide bonds. The van der Waals surface area contributed by atoms with Crippen LogP contribution in [0.3, 0.4) is 0 Å². The number of carbonyl (C=O) groups excluding carboxylic acids is 2. The van der Waals surface area contributed by atoms with E-state index < -0.39 is 33.3 Å². The summed E-state index contributed by atoms with van der Waals surface area (Å²) in [6.45, 7) is 7.29. The third-order valence-electron chi connectivity index (χ3n) is 6.77. The second-order valence-corrected chi connectivity index (χ2v) is 12.6. The van der Waals surface area contributed by atoms with Crippen LogP contribution < -0.4 is 15.5 Å². The van der Waals surface area contributed by atoms with Crippen molar-refractivity contribution in [1.29, 1.82) is 0 Å². The Balaban J connectivity index is 2.38. The molecule has 0 aliphatic rings. The molecule has 2 rings (SSSR count). The first-order chi connectivity index (χ1) is 18.9. The van der Waals surface area contributed by atoms with Crippen LogP contribution in [-0.4, -0.2) is 67.4 Å². The number of ether oxygens (including phenoxy) is 1. The van der Waals surface area contributed by atoms with E-state index in [1.165, 1.54) is 24.3 Å². The molecule has 0 fully saturated rings. The lowest BCUT2D eigenvalue weighted by Crippen LogP contribution is -2.59. The van der Waals surface area contributed by atoms with Gasteiger partial charge in [-0.2, -0.15) is 0 Å². The lowest BCUT2D eigenvalue weighted by molar-refractivity contribution is -0.147. The lowest BCUT2D eigenvalue weighted by atomic mass is 9.98. The number of hydrogen-bond donors (Lipinski definition) is 3. The Kier molecular flexibility index (Phi) is 13.4. The van der Waals surface area contributed by atoms with E-state index in [4.69, 9.17) is 16.3 Å². The summed E-state index contributed by atoms with van der Waals surface area (Å²) in [6.07, 6.45) is -0.0966. The van der Waals surface area contributed by atoms with Crippen LogP contribution in [-0.2, 0) is 25.8 Å². The van der Waals surface area contributed by atoms with Crippen molar-refractivity contribution in [2.45, 2.75) is 69.4 Å². The van der Waals surface area contributed by atoms with E-state index in [0.717, 1.165) is 12.0 Å². The van der Waals surface area contributed by atoms with Crippen LogP contribution in [0, 0.1) is 11.8 Å². The van der Waals surface area contributed by atoms with E-state index in [0.29, 0.717) is 5.75 Å². The summed E-state index contributed by atoms with van der Waals surface area (Å²) in [5.41, 5.74) is 3.40. The fourth-order valence-corrected chi connectivity index (χ4v) is 6.18. The molecule has 0 aliphatic carbocycles. The fourth-order valence-electron chi connectivity index (χ4n) is 4.28. The Hall–Kier alpha value is -2.66. The minimum atomic E-state index is -3.83. The number of hydrazine groups is 1. The van der Waals surface area contributed by atoms with E-state index in [9.17, 15) is 23.1 Å². The highest BCUT2D eigenvalue weighted by atomic mass is 35.5. The molecule has 2 aromatic carbocycles. The van der Waals surface area contributed by atoms with Gasteiger partial charge in [0.05, 0.1) is 24.2 Å². The molecule has 0 aromatic heterocycles. The molecule has 0 saturated carbocycles. The Bertz CT molecular complexity index is 1180. The first kappa shape index (κ1) is 33.5. The maximum absolute atomic E-state index is 13.5. The molecule has 11 heteroatoms. The first-order valence-corrected chi connectivity index (χ1v) is 15.5. The second kappa shape index (κ2) is 16.0. The topological polar surface area (TPSA) is 125 Å². The monoisotopic (exact) mass is 595 g/mol. The number of sulfone groups is 1. The number of halogens is 1. The first-order valence-electron chi connectivity index (χ1n) is 13.4. The van der Waals surface area contributed by atoms with Crippen molar-refractivity contribution in [2.75, 3.05) is 19.5 Å². The summed E-state index contributed by atoms with van der Waals surface area (Å²) in [5.74, 6) is -1.07. The average molecular weight is 596 g/mol. The zero-order chi connectivity index (χ0) is 29.9. The van der Waals surface area contributed by atoms with Gasteiger partial charge in [-0.3, -0.25) is 20.3 Å². The SMILES string of the molecule is CC[C@H](C)CC(=O)N(NC(=O)CCl)C(Cc1ccccc1)[C@H](O)CNC(C(C)C)S(=O)(=O)c1ccc(OC)cc1. The quantitative estimate of drug-likeness (QED) is 0.212. The highest BCUT2D eigenvalue weighted by Gasteiger charge is 2.35. The van der Waals surface area contributed by atoms with Crippen LogP contribution in [0.15, 0.2) is 59.5 Å². The van der Waals surface area contributed by atoms with Crippen LogP contribution in [0.1, 0.15) is 46.1 Å². The number of benzene rings is 2. The van der Waals surface area contributed by atoms with E-state index in [2.05, 4.69) is 10.7 Å². The molecule has 0 heterocycles. The molecule has 0 bridgehead atoms. The van der Waals surface area contributed by atoms with Gasteiger partial charge >= 0.3 is 0 Å². The van der Waals surface area contributed by atoms with Gasteiger partial charge in [0, 0.05) is 13.0 Å². The number of amides is 2. The highest BCUT2D eigenvalue weighted by Crippen LogP contribution is 2.23. The fraction of sp³-hybridized carbons (Fsp3) is 0.517. The third kappa shape index (κ3) is 9.47. The van der Waals surface area contributed by atoms with Crippen molar-refractivity contribution in [1.82, 2.24) is 15.8 Å². The van der Waals surface area contributed by atoms with Gasteiger partial charge in [0.1, 0.15) is 17.0 Å². The maximum Gasteiger partial charge on any atom is 0.253 e. The van der Waals surface area contributed by atoms with E-state index in [1.54, 1.807) is 26.0 Å². The molecule has 0 saturated heterocycles. The van der Waals surface area contributed by atoms with Crippen molar-refractivity contribution >= 4 is 33.3 Å². The Labute approximate surface area is 243 Å². The molecule has 0 spiro atoms. The van der Waals surface area contributed by atoms with Crippen molar-refractivity contribution in [2.24, 2.45) is 11.8 Å². The van der Waals surface area contributed by atoms with Crippen LogP contribution in [0.2, 0.25) is 0 Å². The molecule has 40 heavy (non-hydrogen) atoms. The predicted molar refractivity (Wildman–Crippen MR) is 157 cm³/mol. The second-order valence-electron chi connectivity index (χ2n) is 10.3. The molecule has 0 radical (unpaired) electrons. The summed E-state index contributed by atoms with van der Waals surface area (Å²) >= 11 is 5.74. The molecule has 9 nitrogen and oxygen atoms in total. The molecule has 4 atom stereocenters. The number of rotatable bonds is 15. The van der Waals surface area contributed by atoms with Crippen molar-refractivity contribution in [3.05, 3.63) is 60.2 Å². The molecule has 222 valence electrons. The van der Waals surface area contributed by atoms with Gasteiger partial charge in [0.2, 0.25) is 5.91 Å². The zero-order valence-corrected chi connectivity index (χ0v) is 25.4. The molecular formula is C29H42ClN3O6S. The van der Waals surface area contributed by atoms with Crippen LogP contribution in [0.5, 0.6) is 5.75 Å². The van der Waals surface area contributed by atoms with Crippen molar-refractivity contribution in [3.8, 4) is 5.75 Å². The Morgan fingerprint density at radius 3 is 2.20 bits per heavy atom. The third-order valence-corrected chi connectivity index (χ3v) is 9.33. The largest absolute Gasteiger partial charge is 0.497 e. The van der Waals surface area contributed by atoms with Gasteiger partial charge in [0.15, 0.2) is 9.84 Å². The van der Waals surface area contributed by atoms with Gasteiger partial charge in [-0.05, 0) is 48.1 Å². The van der Waals surface area contributed by atoms with Gasteiger partial charge < -0.3 is 9.84 Å². The van der Waals surface area contributed by atoms with E-state index >= 15 is 0 Å². The van der Waals surface area contributed by atoms with Crippen LogP contribution >= 0.6 is 11.6 Å². The number of methoxy groups -OCH3 is 1. The molecule has 2 aromatic rings. The number of nitrogens with one attached hydrogen (secondary N) is 2. The number of hydrogen-bond acceptors (Lipinski definition) is 7. The average Bonchev–Trinajstić information content (AvgIpc) is 2.94. The molecule has 3 N–H and O–H groups in total. The van der Waals surface area contributed by atoms with Gasteiger partial charge in [-0.1, -0.05) is 64.4 Å². The van der Waals surface area contributed by atoms with Crippen LogP contribution in [0.25, 0.3) is 0 Å². The van der Waals surface area contributed by atoms with Gasteiger partial charge in [-0.15, -0.1) is 11.6 Å². The van der Waals surface area contributed by atoms with Crippen molar-refractivity contribution in [3.63, 3.8) is 0 Å². The Morgan fingerprint density at radius 2 is 1.68 bits per heavy atom. The van der Waals surface area contributed by atoms with E-state index in [-0.39, 0.29) is 47.9 Å². The minimum Gasteiger partial charge on any atom is -0.497 e. The predicted octanol–water partition coefficient (Wildman–Crippen LogP) is 3.55. The summed E-state index contributed by atoms with van der Waals surface area (Å²) in [5, 5.41) is 14.6. The van der Waals surface area contributed by atoms with Gasteiger partial charge in [-0.25, -0.2) is 13.4 Å². The highest BCUT2D eigenvalue weighted by molar-refractivity contribution is 7.92. The normalized spacial score (nSPS) is 14.7. The zero-order valence-electron chi connectivity index (χ0n) is 23.8. The smallest absolute Gasteiger partial charge is 0.253 e. The number of aliphatic hydroxyl groups is 1. The summed E-state index contributed by atoms with van der Waals surface area (Å²) in [6, 6.07) is 14.5. The number of carbonyl (C=O) groups is 2. The molecular weight excluding hydrogens is 554 g/mol. The van der Waals surface area contributed by atoms with Gasteiger partial charge in [0.25, 0.3) is 5.91 Å². The lowest BCUT2D eigenvalue weighted by Gasteiger charge is -2.36. The number of alkyl halides is 1. The number of aliphatic hydroxyl groups excluding tert-OH is 1. The van der Waals surface area contributed by atoms with E-state index in [1.807, 2.05) is 44.2 Å². The minimum absolute atomic E-state index is 0.0514. The summed E-state index contributed by atoms with van der Waals surface area (Å²) < 4.78 is 32.2. The molecule has 0 aliphatic heterocycles. The molecule has 2 unspecified atom stereocenters.